The molecule has 2 atom stereocenters. The van der Waals surface area contributed by atoms with Gasteiger partial charge in [-0.05, 0) is 29.8 Å². The third-order valence-electron chi connectivity index (χ3n) is 5.42. The minimum absolute atomic E-state index is 0.0325. The van der Waals surface area contributed by atoms with Crippen molar-refractivity contribution < 1.29 is 27.4 Å². The first-order valence-electron chi connectivity index (χ1n) is 9.96. The second-order valence-electron chi connectivity index (χ2n) is 7.53. The van der Waals surface area contributed by atoms with Crippen LogP contribution in [-0.4, -0.2) is 63.6 Å². The van der Waals surface area contributed by atoms with Crippen molar-refractivity contribution in [1.29, 1.82) is 0 Å². The Kier molecular flexibility index (Phi) is 6.34. The van der Waals surface area contributed by atoms with Gasteiger partial charge < -0.3 is 19.1 Å². The summed E-state index contributed by atoms with van der Waals surface area (Å²) >= 11 is 1.34. The molecule has 0 N–H and O–H groups in total. The molecule has 0 saturated carbocycles. The molecule has 2 aliphatic rings. The predicted octanol–water partition coefficient (Wildman–Crippen LogP) is 2.56. The Labute approximate surface area is 191 Å². The summed E-state index contributed by atoms with van der Waals surface area (Å²) in [6, 6.07) is 12.4. The molecule has 2 aromatic rings. The summed E-state index contributed by atoms with van der Waals surface area (Å²) in [6.07, 6.45) is 0.0873. The Balaban J connectivity index is 1.62. The van der Waals surface area contributed by atoms with Crippen LogP contribution < -0.4 is 19.1 Å². The second kappa shape index (κ2) is 9.03. The lowest BCUT2D eigenvalue weighted by Gasteiger charge is -2.24. The lowest BCUT2D eigenvalue weighted by molar-refractivity contribution is -0.117. The first-order chi connectivity index (χ1) is 15.3. The van der Waals surface area contributed by atoms with Crippen LogP contribution in [-0.2, 0) is 21.1 Å². The van der Waals surface area contributed by atoms with Gasteiger partial charge in [0.05, 0.1) is 45.3 Å². The zero-order valence-electron chi connectivity index (χ0n) is 18.0. The van der Waals surface area contributed by atoms with Crippen molar-refractivity contribution in [3.8, 4) is 17.2 Å². The Morgan fingerprint density at radius 2 is 1.84 bits per heavy atom. The lowest BCUT2D eigenvalue weighted by atomic mass is 10.1. The fourth-order valence-electron chi connectivity index (χ4n) is 3.94. The summed E-state index contributed by atoms with van der Waals surface area (Å²) in [7, 11) is 1.53. The molecule has 2 unspecified atom stereocenters. The molecule has 0 aliphatic carbocycles. The molecule has 32 heavy (non-hydrogen) atoms. The third kappa shape index (κ3) is 4.56. The number of benzene rings is 2. The summed E-state index contributed by atoms with van der Waals surface area (Å²) in [6.45, 7) is 0. The van der Waals surface area contributed by atoms with Crippen LogP contribution in [0, 0.1) is 0 Å². The molecule has 2 aliphatic heterocycles. The van der Waals surface area contributed by atoms with Gasteiger partial charge in [-0.3, -0.25) is 4.79 Å². The van der Waals surface area contributed by atoms with Crippen molar-refractivity contribution in [3.05, 3.63) is 48.0 Å². The molecule has 0 spiro atoms. The van der Waals surface area contributed by atoms with E-state index in [0.717, 1.165) is 11.3 Å². The second-order valence-corrected chi connectivity index (χ2v) is 10.9. The number of amidine groups is 1. The normalized spacial score (nSPS) is 22.6. The van der Waals surface area contributed by atoms with E-state index >= 15 is 0 Å². The van der Waals surface area contributed by atoms with Gasteiger partial charge in [-0.25, -0.2) is 8.42 Å². The summed E-state index contributed by atoms with van der Waals surface area (Å²) in [5.41, 5.74) is 1.50. The number of carbonyl (C=O) groups excluding carboxylic acids is 1. The molecule has 2 fully saturated rings. The van der Waals surface area contributed by atoms with E-state index in [2.05, 4.69) is 4.99 Å². The SMILES string of the molecule is COc1cccc(N2C(=NC(=O)Cc3ccc(OC)c(OC)c3)SC3CS(=O)(=O)CC32)c1. The van der Waals surface area contributed by atoms with E-state index in [1.807, 2.05) is 29.2 Å². The quantitative estimate of drug-likeness (QED) is 0.628. The molecular formula is C22H24N2O6S2. The van der Waals surface area contributed by atoms with Gasteiger partial charge in [0.1, 0.15) is 5.75 Å². The van der Waals surface area contributed by atoms with E-state index in [1.54, 1.807) is 32.4 Å². The fourth-order valence-corrected chi connectivity index (χ4v) is 7.87. The maximum Gasteiger partial charge on any atom is 0.252 e. The Morgan fingerprint density at radius 3 is 2.56 bits per heavy atom. The number of aliphatic imine (C=N–C) groups is 1. The molecule has 0 aromatic heterocycles. The highest BCUT2D eigenvalue weighted by atomic mass is 32.2. The van der Waals surface area contributed by atoms with Gasteiger partial charge in [-0.2, -0.15) is 4.99 Å². The van der Waals surface area contributed by atoms with Gasteiger partial charge in [0.25, 0.3) is 5.91 Å². The third-order valence-corrected chi connectivity index (χ3v) is 8.63. The van der Waals surface area contributed by atoms with Crippen molar-refractivity contribution in [2.45, 2.75) is 17.7 Å². The van der Waals surface area contributed by atoms with E-state index in [4.69, 9.17) is 14.2 Å². The van der Waals surface area contributed by atoms with E-state index < -0.39 is 9.84 Å². The standard InChI is InChI=1S/C22H24N2O6S2/c1-28-16-6-4-5-15(11-16)24-17-12-32(26,27)13-20(17)31-22(24)23-21(25)10-14-7-8-18(29-2)19(9-14)30-3/h4-9,11,17,20H,10,12-13H2,1-3H3. The molecular weight excluding hydrogens is 452 g/mol. The molecule has 0 radical (unpaired) electrons. The van der Waals surface area contributed by atoms with Crippen LogP contribution in [0.1, 0.15) is 5.56 Å². The number of hydrogen-bond acceptors (Lipinski definition) is 7. The van der Waals surface area contributed by atoms with Crippen molar-refractivity contribution in [1.82, 2.24) is 0 Å². The molecule has 10 heteroatoms. The molecule has 0 bridgehead atoms. The van der Waals surface area contributed by atoms with E-state index in [0.29, 0.717) is 22.4 Å². The number of carbonyl (C=O) groups is 1. The zero-order chi connectivity index (χ0) is 22.9. The smallest absolute Gasteiger partial charge is 0.252 e. The number of anilines is 1. The van der Waals surface area contributed by atoms with Crippen LogP contribution in [0.2, 0.25) is 0 Å². The zero-order valence-corrected chi connectivity index (χ0v) is 19.6. The highest BCUT2D eigenvalue weighted by molar-refractivity contribution is 8.16. The Bertz CT molecular complexity index is 1160. The van der Waals surface area contributed by atoms with Crippen LogP contribution in [0.25, 0.3) is 0 Å². The van der Waals surface area contributed by atoms with Gasteiger partial charge in [0, 0.05) is 17.0 Å². The minimum Gasteiger partial charge on any atom is -0.497 e. The number of sulfone groups is 1. The van der Waals surface area contributed by atoms with Gasteiger partial charge in [-0.1, -0.05) is 23.9 Å². The monoisotopic (exact) mass is 476 g/mol. The predicted molar refractivity (Wildman–Crippen MR) is 125 cm³/mol. The van der Waals surface area contributed by atoms with Crippen LogP contribution >= 0.6 is 11.8 Å². The highest BCUT2D eigenvalue weighted by Gasteiger charge is 2.49. The topological polar surface area (TPSA) is 94.5 Å². The van der Waals surface area contributed by atoms with E-state index in [9.17, 15) is 13.2 Å². The number of ether oxygens (including phenoxy) is 3. The van der Waals surface area contributed by atoms with E-state index in [-0.39, 0.29) is 35.1 Å². The number of fused-ring (bicyclic) bond motifs is 1. The van der Waals surface area contributed by atoms with E-state index in [1.165, 1.54) is 18.9 Å². The molecule has 2 aromatic carbocycles. The Hall–Kier alpha value is -2.72. The number of nitrogens with zero attached hydrogens (tertiary/aromatic N) is 2. The Morgan fingerprint density at radius 1 is 1.06 bits per heavy atom. The fraction of sp³-hybridized carbons (Fsp3) is 0.364. The average molecular weight is 477 g/mol. The van der Waals surface area contributed by atoms with Crippen LogP contribution in [0.4, 0.5) is 5.69 Å². The molecule has 2 heterocycles. The van der Waals surface area contributed by atoms with Crippen molar-refractivity contribution in [2.75, 3.05) is 37.7 Å². The van der Waals surface area contributed by atoms with Crippen molar-refractivity contribution >= 4 is 38.4 Å². The van der Waals surface area contributed by atoms with Crippen LogP contribution in [0.5, 0.6) is 17.2 Å². The van der Waals surface area contributed by atoms with Gasteiger partial charge in [0.15, 0.2) is 26.5 Å². The number of methoxy groups -OCH3 is 3. The molecule has 170 valence electrons. The number of hydrogen-bond donors (Lipinski definition) is 0. The van der Waals surface area contributed by atoms with Gasteiger partial charge >= 0.3 is 0 Å². The van der Waals surface area contributed by atoms with Crippen LogP contribution in [0.15, 0.2) is 47.5 Å². The number of thioether (sulfide) groups is 1. The molecule has 2 saturated heterocycles. The highest BCUT2D eigenvalue weighted by Crippen LogP contribution is 2.41. The molecule has 1 amide bonds. The summed E-state index contributed by atoms with van der Waals surface area (Å²) in [5.74, 6) is 1.55. The first kappa shape index (κ1) is 22.5. The minimum atomic E-state index is -3.14. The number of amides is 1. The summed E-state index contributed by atoms with van der Waals surface area (Å²) in [4.78, 5) is 19.1. The number of rotatable bonds is 6. The summed E-state index contributed by atoms with van der Waals surface area (Å²) < 4.78 is 40.3. The van der Waals surface area contributed by atoms with Crippen molar-refractivity contribution in [3.63, 3.8) is 0 Å². The van der Waals surface area contributed by atoms with Gasteiger partial charge in [0.2, 0.25) is 0 Å². The molecule has 4 rings (SSSR count). The summed E-state index contributed by atoms with van der Waals surface area (Å²) in [5, 5.41) is 0.340. The largest absolute Gasteiger partial charge is 0.497 e. The maximum atomic E-state index is 12.8. The van der Waals surface area contributed by atoms with Crippen LogP contribution in [0.3, 0.4) is 0 Å². The first-order valence-corrected chi connectivity index (χ1v) is 12.7. The maximum absolute atomic E-state index is 12.8. The average Bonchev–Trinajstić information content (AvgIpc) is 3.23. The van der Waals surface area contributed by atoms with Gasteiger partial charge in [-0.15, -0.1) is 0 Å². The van der Waals surface area contributed by atoms with Crippen molar-refractivity contribution in [2.24, 2.45) is 4.99 Å². The lowest BCUT2D eigenvalue weighted by Crippen LogP contribution is -2.37. The molecule has 8 nitrogen and oxygen atoms in total.